The maximum Gasteiger partial charge on any atom is 0.331 e. The highest BCUT2D eigenvalue weighted by atomic mass is 35.5. The van der Waals surface area contributed by atoms with E-state index in [9.17, 15) is 14.4 Å². The van der Waals surface area contributed by atoms with Crippen LogP contribution in [0.5, 0.6) is 0 Å². The Morgan fingerprint density at radius 2 is 1.93 bits per heavy atom. The summed E-state index contributed by atoms with van der Waals surface area (Å²) in [6.07, 6.45) is 2.78. The Balaban J connectivity index is 1.85. The lowest BCUT2D eigenvalue weighted by Gasteiger charge is -2.07. The molecule has 2 aromatic carbocycles. The normalized spacial score (nSPS) is 10.5. The van der Waals surface area contributed by atoms with Crippen LogP contribution >= 0.6 is 11.6 Å². The van der Waals surface area contributed by atoms with Gasteiger partial charge in [-0.15, -0.1) is 0 Å². The molecule has 0 spiro atoms. The van der Waals surface area contributed by atoms with Crippen LogP contribution in [-0.2, 0) is 14.3 Å². The maximum absolute atomic E-state index is 11.9. The fraction of sp³-hybridized carbons (Fsp3) is 0.190. The van der Waals surface area contributed by atoms with Gasteiger partial charge < -0.3 is 15.4 Å². The Morgan fingerprint density at radius 3 is 2.64 bits per heavy atom. The van der Waals surface area contributed by atoms with Gasteiger partial charge in [-0.3, -0.25) is 9.59 Å². The van der Waals surface area contributed by atoms with Gasteiger partial charge in [0.15, 0.2) is 6.61 Å². The molecule has 28 heavy (non-hydrogen) atoms. The van der Waals surface area contributed by atoms with E-state index < -0.39 is 18.5 Å². The standard InChI is InChI=1S/C21H21ClN2O4/c1-3-23-21(27)16-5-4-6-17(12-16)24-19(25)13-28-20(26)10-9-15-8-7-14(2)18(22)11-15/h4-12H,3,13H2,1-2H3,(H,23,27)(H,24,25)/b10-9+. The van der Waals surface area contributed by atoms with Gasteiger partial charge in [-0.05, 0) is 55.3 Å². The molecule has 0 aliphatic carbocycles. The number of amides is 2. The SMILES string of the molecule is CCNC(=O)c1cccc(NC(=O)COC(=O)/C=C/c2ccc(C)c(Cl)c2)c1. The largest absolute Gasteiger partial charge is 0.452 e. The van der Waals surface area contributed by atoms with Crippen LogP contribution in [0.25, 0.3) is 6.08 Å². The van der Waals surface area contributed by atoms with Crippen molar-refractivity contribution >= 4 is 41.1 Å². The minimum Gasteiger partial charge on any atom is -0.452 e. The third-order valence-electron chi connectivity index (χ3n) is 3.70. The summed E-state index contributed by atoms with van der Waals surface area (Å²) in [5, 5.41) is 5.87. The summed E-state index contributed by atoms with van der Waals surface area (Å²) in [5.41, 5.74) is 2.56. The second-order valence-electron chi connectivity index (χ2n) is 5.94. The number of esters is 1. The summed E-state index contributed by atoms with van der Waals surface area (Å²) in [7, 11) is 0. The molecule has 0 aromatic heterocycles. The lowest BCUT2D eigenvalue weighted by atomic mass is 10.1. The average Bonchev–Trinajstić information content (AvgIpc) is 2.67. The van der Waals surface area contributed by atoms with E-state index in [2.05, 4.69) is 10.6 Å². The molecule has 0 saturated heterocycles. The van der Waals surface area contributed by atoms with Crippen LogP contribution in [-0.4, -0.2) is 30.9 Å². The molecule has 2 amide bonds. The first-order valence-corrected chi connectivity index (χ1v) is 9.06. The summed E-state index contributed by atoms with van der Waals surface area (Å²) in [5.74, 6) is -1.39. The van der Waals surface area contributed by atoms with Crippen molar-refractivity contribution < 1.29 is 19.1 Å². The van der Waals surface area contributed by atoms with Gasteiger partial charge in [-0.2, -0.15) is 0 Å². The smallest absolute Gasteiger partial charge is 0.331 e. The quantitative estimate of drug-likeness (QED) is 0.549. The molecule has 7 heteroatoms. The van der Waals surface area contributed by atoms with Gasteiger partial charge in [0.1, 0.15) is 0 Å². The zero-order chi connectivity index (χ0) is 20.5. The molecule has 2 rings (SSSR count). The Kier molecular flexibility index (Phi) is 7.77. The minimum atomic E-state index is -0.650. The topological polar surface area (TPSA) is 84.5 Å². The zero-order valence-corrected chi connectivity index (χ0v) is 16.4. The van der Waals surface area contributed by atoms with E-state index >= 15 is 0 Å². The third-order valence-corrected chi connectivity index (χ3v) is 4.11. The van der Waals surface area contributed by atoms with Gasteiger partial charge in [0.05, 0.1) is 0 Å². The molecule has 0 atom stereocenters. The van der Waals surface area contributed by atoms with Crippen LogP contribution in [0.15, 0.2) is 48.5 Å². The molecule has 0 bridgehead atoms. The highest BCUT2D eigenvalue weighted by molar-refractivity contribution is 6.31. The Bertz CT molecular complexity index is 909. The van der Waals surface area contributed by atoms with Crippen molar-refractivity contribution in [1.82, 2.24) is 5.32 Å². The molecule has 0 heterocycles. The van der Waals surface area contributed by atoms with Gasteiger partial charge in [-0.25, -0.2) is 4.79 Å². The van der Waals surface area contributed by atoms with E-state index in [1.807, 2.05) is 26.0 Å². The number of ether oxygens (including phenoxy) is 1. The molecular weight excluding hydrogens is 380 g/mol. The maximum atomic E-state index is 11.9. The van der Waals surface area contributed by atoms with E-state index in [4.69, 9.17) is 16.3 Å². The van der Waals surface area contributed by atoms with Crippen LogP contribution in [0.4, 0.5) is 5.69 Å². The third kappa shape index (κ3) is 6.55. The molecule has 146 valence electrons. The van der Waals surface area contributed by atoms with E-state index in [1.54, 1.807) is 36.4 Å². The van der Waals surface area contributed by atoms with Crippen molar-refractivity contribution in [3.8, 4) is 0 Å². The van der Waals surface area contributed by atoms with Crippen molar-refractivity contribution in [3.63, 3.8) is 0 Å². The monoisotopic (exact) mass is 400 g/mol. The highest BCUT2D eigenvalue weighted by Crippen LogP contribution is 2.17. The lowest BCUT2D eigenvalue weighted by molar-refractivity contribution is -0.142. The summed E-state index contributed by atoms with van der Waals surface area (Å²) in [6.45, 7) is 3.77. The molecule has 2 aromatic rings. The number of rotatable bonds is 7. The number of benzene rings is 2. The fourth-order valence-corrected chi connectivity index (χ4v) is 2.45. The molecule has 0 fully saturated rings. The highest BCUT2D eigenvalue weighted by Gasteiger charge is 2.09. The molecule has 0 aliphatic rings. The molecular formula is C21H21ClN2O4. The number of nitrogens with one attached hydrogen (secondary N) is 2. The first-order valence-electron chi connectivity index (χ1n) is 8.68. The minimum absolute atomic E-state index is 0.230. The van der Waals surface area contributed by atoms with Gasteiger partial charge >= 0.3 is 5.97 Å². The van der Waals surface area contributed by atoms with Crippen LogP contribution in [0.2, 0.25) is 5.02 Å². The van der Waals surface area contributed by atoms with Crippen molar-refractivity contribution in [2.75, 3.05) is 18.5 Å². The summed E-state index contributed by atoms with van der Waals surface area (Å²) in [4.78, 5) is 35.5. The lowest BCUT2D eigenvalue weighted by Crippen LogP contribution is -2.23. The van der Waals surface area contributed by atoms with Crippen LogP contribution in [0, 0.1) is 6.92 Å². The van der Waals surface area contributed by atoms with Crippen molar-refractivity contribution in [2.24, 2.45) is 0 Å². The molecule has 0 unspecified atom stereocenters. The average molecular weight is 401 g/mol. The number of anilines is 1. The van der Waals surface area contributed by atoms with Gasteiger partial charge in [0, 0.05) is 28.9 Å². The van der Waals surface area contributed by atoms with E-state index in [-0.39, 0.29) is 5.91 Å². The first-order chi connectivity index (χ1) is 13.4. The molecule has 0 aliphatic heterocycles. The summed E-state index contributed by atoms with van der Waals surface area (Å²) >= 11 is 6.03. The second kappa shape index (κ2) is 10.3. The zero-order valence-electron chi connectivity index (χ0n) is 15.6. The Morgan fingerprint density at radius 1 is 1.14 bits per heavy atom. The van der Waals surface area contributed by atoms with Gasteiger partial charge in [-0.1, -0.05) is 29.8 Å². The molecule has 0 radical (unpaired) electrons. The van der Waals surface area contributed by atoms with Crippen LogP contribution in [0.1, 0.15) is 28.4 Å². The molecule has 0 saturated carbocycles. The van der Waals surface area contributed by atoms with E-state index in [1.165, 1.54) is 6.08 Å². The summed E-state index contributed by atoms with van der Waals surface area (Å²) in [6, 6.07) is 11.9. The number of carbonyl (C=O) groups is 3. The number of carbonyl (C=O) groups excluding carboxylic acids is 3. The van der Waals surface area contributed by atoms with Crippen molar-refractivity contribution in [3.05, 3.63) is 70.3 Å². The summed E-state index contributed by atoms with van der Waals surface area (Å²) < 4.78 is 4.92. The number of aryl methyl sites for hydroxylation is 1. The van der Waals surface area contributed by atoms with Crippen molar-refractivity contribution in [2.45, 2.75) is 13.8 Å². The Hall–Kier alpha value is -3.12. The van der Waals surface area contributed by atoms with E-state index in [0.717, 1.165) is 11.1 Å². The molecule has 6 nitrogen and oxygen atoms in total. The predicted molar refractivity (Wildman–Crippen MR) is 109 cm³/mol. The first kappa shape index (κ1) is 21.2. The van der Waals surface area contributed by atoms with Crippen LogP contribution < -0.4 is 10.6 Å². The fourth-order valence-electron chi connectivity index (χ4n) is 2.26. The number of hydrogen-bond donors (Lipinski definition) is 2. The van der Waals surface area contributed by atoms with Gasteiger partial charge in [0.25, 0.3) is 11.8 Å². The van der Waals surface area contributed by atoms with Gasteiger partial charge in [0.2, 0.25) is 0 Å². The van der Waals surface area contributed by atoms with Crippen LogP contribution in [0.3, 0.4) is 0 Å². The van der Waals surface area contributed by atoms with Crippen molar-refractivity contribution in [1.29, 1.82) is 0 Å². The molecule has 2 N–H and O–H groups in total. The Labute approximate surface area is 168 Å². The second-order valence-corrected chi connectivity index (χ2v) is 6.35. The predicted octanol–water partition coefficient (Wildman–Crippen LogP) is 3.59. The number of halogens is 1. The number of hydrogen-bond acceptors (Lipinski definition) is 4. The van der Waals surface area contributed by atoms with E-state index in [0.29, 0.717) is 22.8 Å².